The van der Waals surface area contributed by atoms with Crippen molar-refractivity contribution in [3.05, 3.63) is 59.6 Å². The summed E-state index contributed by atoms with van der Waals surface area (Å²) in [6, 6.07) is 7.18. The van der Waals surface area contributed by atoms with Crippen LogP contribution in [0.2, 0.25) is 0 Å². The third-order valence-electron chi connectivity index (χ3n) is 5.01. The van der Waals surface area contributed by atoms with E-state index in [1.165, 1.54) is 37.0 Å². The van der Waals surface area contributed by atoms with Crippen LogP contribution in [0.5, 0.6) is 5.75 Å². The van der Waals surface area contributed by atoms with Crippen molar-refractivity contribution in [1.29, 1.82) is 0 Å². The SMILES string of the molecule is CS(C)(=O)=Nc1cc(F)c2c(Cc3ccc(F)cc3O[C@@H]3CCCNC3)ncnc2c1. The quantitative estimate of drug-likeness (QED) is 0.641. The zero-order chi connectivity index (χ0) is 22.0. The van der Waals surface area contributed by atoms with Gasteiger partial charge in [0.15, 0.2) is 0 Å². The summed E-state index contributed by atoms with van der Waals surface area (Å²) in [5.41, 5.74) is 1.81. The van der Waals surface area contributed by atoms with E-state index in [0.29, 0.717) is 29.1 Å². The Morgan fingerprint density at radius 3 is 2.81 bits per heavy atom. The van der Waals surface area contributed by atoms with Gasteiger partial charge in [-0.3, -0.25) is 0 Å². The highest BCUT2D eigenvalue weighted by molar-refractivity contribution is 7.92. The van der Waals surface area contributed by atoms with E-state index in [-0.39, 0.29) is 23.6 Å². The van der Waals surface area contributed by atoms with Gasteiger partial charge < -0.3 is 10.1 Å². The molecule has 1 aromatic heterocycles. The molecule has 2 aromatic carbocycles. The monoisotopic (exact) mass is 446 g/mol. The van der Waals surface area contributed by atoms with E-state index in [4.69, 9.17) is 4.74 Å². The first-order valence-electron chi connectivity index (χ1n) is 10.0. The molecule has 0 spiro atoms. The molecule has 1 aliphatic heterocycles. The first-order chi connectivity index (χ1) is 14.8. The molecule has 1 fully saturated rings. The predicted octanol–water partition coefficient (Wildman–Crippen LogP) is 3.99. The van der Waals surface area contributed by atoms with Gasteiger partial charge in [0.25, 0.3) is 0 Å². The Morgan fingerprint density at radius 2 is 2.06 bits per heavy atom. The van der Waals surface area contributed by atoms with E-state index in [9.17, 15) is 13.0 Å². The number of aromatic nitrogens is 2. The van der Waals surface area contributed by atoms with Crippen LogP contribution in [0.15, 0.2) is 41.0 Å². The van der Waals surface area contributed by atoms with Crippen molar-refractivity contribution in [1.82, 2.24) is 15.3 Å². The van der Waals surface area contributed by atoms with Crippen LogP contribution >= 0.6 is 0 Å². The Kier molecular flexibility index (Phi) is 6.15. The second-order valence-corrected chi connectivity index (χ2v) is 10.5. The molecule has 4 rings (SSSR count). The normalized spacial score (nSPS) is 17.0. The molecule has 0 unspecified atom stereocenters. The standard InChI is InChI=1S/C22H24F2N4O2S/c1-31(2,29)28-16-10-18(24)22-19(26-13-27-20(22)11-16)8-14-5-6-15(23)9-21(14)30-17-4-3-7-25-12-17/h5-6,9-11,13,17,25H,3-4,7-8,12H2,1-2H3/t17-/m1/s1. The summed E-state index contributed by atoms with van der Waals surface area (Å²) in [6.45, 7) is 1.65. The first kappa shape index (κ1) is 21.6. The molecular formula is C22H24F2N4O2S. The Balaban J connectivity index is 1.71. The van der Waals surface area contributed by atoms with Crippen LogP contribution in [-0.2, 0) is 16.1 Å². The maximum absolute atomic E-state index is 15.0. The number of nitrogens with one attached hydrogen (secondary N) is 1. The molecule has 0 radical (unpaired) electrons. The van der Waals surface area contributed by atoms with Gasteiger partial charge in [-0.1, -0.05) is 6.07 Å². The highest BCUT2D eigenvalue weighted by Gasteiger charge is 2.19. The van der Waals surface area contributed by atoms with Crippen LogP contribution in [0.3, 0.4) is 0 Å². The van der Waals surface area contributed by atoms with Gasteiger partial charge in [-0.2, -0.15) is 4.36 Å². The molecule has 2 heterocycles. The van der Waals surface area contributed by atoms with Gasteiger partial charge in [0, 0.05) is 52.9 Å². The average Bonchev–Trinajstić information content (AvgIpc) is 2.69. The zero-order valence-electron chi connectivity index (χ0n) is 17.4. The van der Waals surface area contributed by atoms with Gasteiger partial charge in [0.2, 0.25) is 0 Å². The van der Waals surface area contributed by atoms with Crippen molar-refractivity contribution in [3.63, 3.8) is 0 Å². The molecule has 0 saturated carbocycles. The van der Waals surface area contributed by atoms with E-state index in [1.54, 1.807) is 12.1 Å². The average molecular weight is 447 g/mol. The van der Waals surface area contributed by atoms with Crippen LogP contribution in [0.25, 0.3) is 10.9 Å². The second kappa shape index (κ2) is 8.84. The molecule has 1 aliphatic rings. The number of ether oxygens (including phenoxy) is 1. The van der Waals surface area contributed by atoms with E-state index < -0.39 is 21.4 Å². The minimum atomic E-state index is -2.44. The Bertz CT molecular complexity index is 1230. The molecule has 1 saturated heterocycles. The van der Waals surface area contributed by atoms with Crippen molar-refractivity contribution in [3.8, 4) is 5.75 Å². The van der Waals surface area contributed by atoms with Gasteiger partial charge >= 0.3 is 0 Å². The lowest BCUT2D eigenvalue weighted by atomic mass is 10.0. The summed E-state index contributed by atoms with van der Waals surface area (Å²) in [4.78, 5) is 8.44. The van der Waals surface area contributed by atoms with Crippen molar-refractivity contribution >= 4 is 26.3 Å². The van der Waals surface area contributed by atoms with E-state index in [1.807, 2.05) is 0 Å². The molecule has 31 heavy (non-hydrogen) atoms. The van der Waals surface area contributed by atoms with Crippen LogP contribution in [0.4, 0.5) is 14.5 Å². The molecule has 1 atom stereocenters. The summed E-state index contributed by atoms with van der Waals surface area (Å²) >= 11 is 0. The van der Waals surface area contributed by atoms with E-state index >= 15 is 0 Å². The fourth-order valence-electron chi connectivity index (χ4n) is 3.70. The number of piperidine rings is 1. The van der Waals surface area contributed by atoms with Crippen LogP contribution in [0.1, 0.15) is 24.1 Å². The minimum absolute atomic E-state index is 0.0460. The number of benzene rings is 2. The summed E-state index contributed by atoms with van der Waals surface area (Å²) in [6.07, 6.45) is 6.41. The molecule has 9 heteroatoms. The van der Waals surface area contributed by atoms with Gasteiger partial charge in [0.1, 0.15) is 29.8 Å². The highest BCUT2D eigenvalue weighted by Crippen LogP contribution is 2.30. The number of nitrogens with zero attached hydrogens (tertiary/aromatic N) is 3. The van der Waals surface area contributed by atoms with Crippen molar-refractivity contribution in [2.75, 3.05) is 25.6 Å². The minimum Gasteiger partial charge on any atom is -0.489 e. The fourth-order valence-corrected chi connectivity index (χ4v) is 4.31. The smallest absolute Gasteiger partial charge is 0.136 e. The third kappa shape index (κ3) is 5.34. The zero-order valence-corrected chi connectivity index (χ0v) is 18.2. The van der Waals surface area contributed by atoms with E-state index in [2.05, 4.69) is 19.6 Å². The molecule has 0 amide bonds. The lowest BCUT2D eigenvalue weighted by Crippen LogP contribution is -2.37. The number of hydrogen-bond donors (Lipinski definition) is 1. The molecule has 0 bridgehead atoms. The molecule has 0 aliphatic carbocycles. The summed E-state index contributed by atoms with van der Waals surface area (Å²) < 4.78 is 51.0. The van der Waals surface area contributed by atoms with Gasteiger partial charge in [-0.05, 0) is 31.5 Å². The van der Waals surface area contributed by atoms with Crippen molar-refractivity contribution in [2.24, 2.45) is 4.36 Å². The van der Waals surface area contributed by atoms with Crippen LogP contribution < -0.4 is 10.1 Å². The molecule has 6 nitrogen and oxygen atoms in total. The van der Waals surface area contributed by atoms with Gasteiger partial charge in [-0.15, -0.1) is 0 Å². The fraction of sp³-hybridized carbons (Fsp3) is 0.364. The number of hydrogen-bond acceptors (Lipinski definition) is 6. The molecule has 1 N–H and O–H groups in total. The van der Waals surface area contributed by atoms with Crippen LogP contribution in [-0.4, -0.2) is 45.9 Å². The van der Waals surface area contributed by atoms with Crippen LogP contribution in [0, 0.1) is 11.6 Å². The maximum atomic E-state index is 15.0. The summed E-state index contributed by atoms with van der Waals surface area (Å²) in [7, 11) is -2.44. The maximum Gasteiger partial charge on any atom is 0.136 e. The van der Waals surface area contributed by atoms with Gasteiger partial charge in [-0.25, -0.2) is 23.0 Å². The Morgan fingerprint density at radius 1 is 1.23 bits per heavy atom. The molecular weight excluding hydrogens is 422 g/mol. The number of rotatable bonds is 5. The topological polar surface area (TPSA) is 76.5 Å². The largest absolute Gasteiger partial charge is 0.489 e. The van der Waals surface area contributed by atoms with Crippen molar-refractivity contribution < 1.29 is 17.7 Å². The lowest BCUT2D eigenvalue weighted by Gasteiger charge is -2.25. The van der Waals surface area contributed by atoms with Gasteiger partial charge in [0.05, 0.1) is 22.3 Å². The summed E-state index contributed by atoms with van der Waals surface area (Å²) in [5.74, 6) is -0.504. The number of fused-ring (bicyclic) bond motifs is 1. The third-order valence-corrected chi connectivity index (χ3v) is 5.66. The highest BCUT2D eigenvalue weighted by atomic mass is 32.2. The predicted molar refractivity (Wildman–Crippen MR) is 117 cm³/mol. The molecule has 3 aromatic rings. The summed E-state index contributed by atoms with van der Waals surface area (Å²) in [5, 5.41) is 3.53. The Hall–Kier alpha value is -2.65. The Labute approximate surface area is 180 Å². The second-order valence-electron chi connectivity index (χ2n) is 7.93. The molecule has 164 valence electrons. The first-order valence-corrected chi connectivity index (χ1v) is 12.4. The lowest BCUT2D eigenvalue weighted by molar-refractivity contribution is 0.165. The van der Waals surface area contributed by atoms with E-state index in [0.717, 1.165) is 19.4 Å². The number of halogens is 2. The van der Waals surface area contributed by atoms with Crippen molar-refractivity contribution in [2.45, 2.75) is 25.4 Å².